The van der Waals surface area contributed by atoms with Gasteiger partial charge in [-0.1, -0.05) is 41.9 Å². The second-order valence-electron chi connectivity index (χ2n) is 5.86. The highest BCUT2D eigenvalue weighted by molar-refractivity contribution is 6.31. The number of nitrogens with one attached hydrogen (secondary N) is 2. The molecule has 4 nitrogen and oxygen atoms in total. The predicted octanol–water partition coefficient (Wildman–Crippen LogP) is 4.91. The standard InChI is InChI=1S/C21H16ClFN2O2/c22-16-5-3-4-15(13-16)21(27)25-19-7-2-1-6-18(19)24-20(26)12-14-8-10-17(23)11-9-14/h1-11,13H,12H2,(H,24,26)(H,25,27). The van der Waals surface area contributed by atoms with Crippen molar-refractivity contribution in [2.24, 2.45) is 0 Å². The fourth-order valence-corrected chi connectivity index (χ4v) is 2.70. The van der Waals surface area contributed by atoms with Crippen LogP contribution in [0.2, 0.25) is 5.02 Å². The molecule has 0 heterocycles. The van der Waals surface area contributed by atoms with E-state index in [0.717, 1.165) is 0 Å². The van der Waals surface area contributed by atoms with E-state index in [9.17, 15) is 14.0 Å². The average Bonchev–Trinajstić information content (AvgIpc) is 2.65. The summed E-state index contributed by atoms with van der Waals surface area (Å²) in [6.07, 6.45) is 0.0941. The van der Waals surface area contributed by atoms with E-state index in [0.29, 0.717) is 27.5 Å². The van der Waals surface area contributed by atoms with E-state index in [1.807, 2.05) is 0 Å². The lowest BCUT2D eigenvalue weighted by Gasteiger charge is -2.12. The normalized spacial score (nSPS) is 10.3. The number of benzene rings is 3. The third-order valence-corrected chi connectivity index (χ3v) is 4.05. The van der Waals surface area contributed by atoms with E-state index in [2.05, 4.69) is 10.6 Å². The summed E-state index contributed by atoms with van der Waals surface area (Å²) >= 11 is 5.92. The van der Waals surface area contributed by atoms with Crippen LogP contribution in [0, 0.1) is 5.82 Å². The summed E-state index contributed by atoms with van der Waals surface area (Å²) in [6, 6.07) is 19.2. The Kier molecular flexibility index (Phi) is 5.84. The van der Waals surface area contributed by atoms with Gasteiger partial charge in [0.1, 0.15) is 5.82 Å². The minimum atomic E-state index is -0.353. The van der Waals surface area contributed by atoms with Crippen molar-refractivity contribution < 1.29 is 14.0 Å². The first kappa shape index (κ1) is 18.6. The van der Waals surface area contributed by atoms with Gasteiger partial charge in [-0.3, -0.25) is 9.59 Å². The molecule has 136 valence electrons. The first-order valence-corrected chi connectivity index (χ1v) is 8.59. The lowest BCUT2D eigenvalue weighted by atomic mass is 10.1. The van der Waals surface area contributed by atoms with Crippen molar-refractivity contribution in [3.8, 4) is 0 Å². The van der Waals surface area contributed by atoms with Gasteiger partial charge in [-0.05, 0) is 48.0 Å². The Hall–Kier alpha value is -3.18. The smallest absolute Gasteiger partial charge is 0.255 e. The number of amides is 2. The quantitative estimate of drug-likeness (QED) is 0.658. The van der Waals surface area contributed by atoms with Crippen LogP contribution in [-0.2, 0) is 11.2 Å². The first-order valence-electron chi connectivity index (χ1n) is 8.21. The molecule has 0 atom stereocenters. The van der Waals surface area contributed by atoms with Crippen molar-refractivity contribution in [3.63, 3.8) is 0 Å². The van der Waals surface area contributed by atoms with Crippen LogP contribution in [0.15, 0.2) is 72.8 Å². The zero-order chi connectivity index (χ0) is 19.2. The largest absolute Gasteiger partial charge is 0.324 e. The molecule has 3 rings (SSSR count). The molecule has 0 aliphatic rings. The van der Waals surface area contributed by atoms with Crippen molar-refractivity contribution >= 4 is 34.8 Å². The van der Waals surface area contributed by atoms with Crippen molar-refractivity contribution in [3.05, 3.63) is 94.8 Å². The molecule has 0 saturated carbocycles. The Balaban J connectivity index is 1.70. The van der Waals surface area contributed by atoms with Crippen LogP contribution in [0.3, 0.4) is 0 Å². The molecule has 6 heteroatoms. The van der Waals surface area contributed by atoms with Gasteiger partial charge in [0.25, 0.3) is 5.91 Å². The van der Waals surface area contributed by atoms with Crippen molar-refractivity contribution in [2.75, 3.05) is 10.6 Å². The molecule has 0 aromatic heterocycles. The Morgan fingerprint density at radius 2 is 1.52 bits per heavy atom. The molecule has 0 saturated heterocycles. The maximum absolute atomic E-state index is 13.0. The maximum Gasteiger partial charge on any atom is 0.255 e. The molecule has 27 heavy (non-hydrogen) atoms. The van der Waals surface area contributed by atoms with E-state index in [1.54, 1.807) is 60.7 Å². The van der Waals surface area contributed by atoms with Gasteiger partial charge >= 0.3 is 0 Å². The van der Waals surface area contributed by atoms with Crippen molar-refractivity contribution in [2.45, 2.75) is 6.42 Å². The van der Waals surface area contributed by atoms with Crippen molar-refractivity contribution in [1.82, 2.24) is 0 Å². The summed E-state index contributed by atoms with van der Waals surface area (Å²) in [5.41, 5.74) is 2.04. The van der Waals surface area contributed by atoms with Gasteiger partial charge in [0.05, 0.1) is 17.8 Å². The molecule has 2 N–H and O–H groups in total. The number of rotatable bonds is 5. The number of halogens is 2. The van der Waals surface area contributed by atoms with E-state index in [4.69, 9.17) is 11.6 Å². The first-order chi connectivity index (χ1) is 13.0. The molecule has 0 unspecified atom stereocenters. The van der Waals surface area contributed by atoms with Gasteiger partial charge in [0, 0.05) is 10.6 Å². The van der Waals surface area contributed by atoms with Gasteiger partial charge < -0.3 is 10.6 Å². The van der Waals surface area contributed by atoms with Crippen LogP contribution in [0.25, 0.3) is 0 Å². The van der Waals surface area contributed by atoms with E-state index < -0.39 is 0 Å². The van der Waals surface area contributed by atoms with Crippen molar-refractivity contribution in [1.29, 1.82) is 0 Å². The highest BCUT2D eigenvalue weighted by Crippen LogP contribution is 2.22. The second kappa shape index (κ2) is 8.47. The number of anilines is 2. The zero-order valence-electron chi connectivity index (χ0n) is 14.2. The van der Waals surface area contributed by atoms with Crippen LogP contribution in [0.5, 0.6) is 0 Å². The Morgan fingerprint density at radius 3 is 2.19 bits per heavy atom. The Bertz CT molecular complexity index is 974. The molecule has 3 aromatic rings. The number of carbonyl (C=O) groups excluding carboxylic acids is 2. The van der Waals surface area contributed by atoms with Crippen LogP contribution in [0.4, 0.5) is 15.8 Å². The fraction of sp³-hybridized carbons (Fsp3) is 0.0476. The molecule has 0 bridgehead atoms. The molecule has 2 amide bonds. The average molecular weight is 383 g/mol. The summed E-state index contributed by atoms with van der Waals surface area (Å²) in [5.74, 6) is -0.961. The van der Waals surface area contributed by atoms with Gasteiger partial charge in [-0.2, -0.15) is 0 Å². The van der Waals surface area contributed by atoms with Gasteiger partial charge in [-0.25, -0.2) is 4.39 Å². The molecule has 0 radical (unpaired) electrons. The molecular weight excluding hydrogens is 367 g/mol. The van der Waals surface area contributed by atoms with Crippen LogP contribution < -0.4 is 10.6 Å². The number of hydrogen-bond donors (Lipinski definition) is 2. The number of para-hydroxylation sites is 2. The molecule has 0 aliphatic heterocycles. The van der Waals surface area contributed by atoms with Gasteiger partial charge in [0.15, 0.2) is 0 Å². The highest BCUT2D eigenvalue weighted by atomic mass is 35.5. The SMILES string of the molecule is O=C(Cc1ccc(F)cc1)Nc1ccccc1NC(=O)c1cccc(Cl)c1. The monoisotopic (exact) mass is 382 g/mol. The fourth-order valence-electron chi connectivity index (χ4n) is 2.51. The lowest BCUT2D eigenvalue weighted by Crippen LogP contribution is -2.18. The van der Waals surface area contributed by atoms with E-state index in [1.165, 1.54) is 12.1 Å². The minimum absolute atomic E-state index is 0.0941. The Labute approximate surface area is 161 Å². The molecule has 0 fully saturated rings. The molecular formula is C21H16ClFN2O2. The molecule has 0 aliphatic carbocycles. The van der Waals surface area contributed by atoms with E-state index in [-0.39, 0.29) is 24.1 Å². The molecule has 0 spiro atoms. The van der Waals surface area contributed by atoms with Crippen LogP contribution >= 0.6 is 11.6 Å². The van der Waals surface area contributed by atoms with Gasteiger partial charge in [0.2, 0.25) is 5.91 Å². The summed E-state index contributed by atoms with van der Waals surface area (Å²) in [6.45, 7) is 0. The van der Waals surface area contributed by atoms with Crippen LogP contribution in [0.1, 0.15) is 15.9 Å². The van der Waals surface area contributed by atoms with E-state index >= 15 is 0 Å². The predicted molar refractivity (Wildman–Crippen MR) is 105 cm³/mol. The second-order valence-corrected chi connectivity index (χ2v) is 6.30. The summed E-state index contributed by atoms with van der Waals surface area (Å²) < 4.78 is 13.0. The third-order valence-electron chi connectivity index (χ3n) is 3.81. The minimum Gasteiger partial charge on any atom is -0.324 e. The summed E-state index contributed by atoms with van der Waals surface area (Å²) in [4.78, 5) is 24.7. The van der Waals surface area contributed by atoms with Gasteiger partial charge in [-0.15, -0.1) is 0 Å². The maximum atomic E-state index is 13.0. The van der Waals surface area contributed by atoms with Crippen LogP contribution in [-0.4, -0.2) is 11.8 Å². The lowest BCUT2D eigenvalue weighted by molar-refractivity contribution is -0.115. The summed E-state index contributed by atoms with van der Waals surface area (Å²) in [5, 5.41) is 6.00. The zero-order valence-corrected chi connectivity index (χ0v) is 15.0. The number of hydrogen-bond acceptors (Lipinski definition) is 2. The third kappa shape index (κ3) is 5.15. The summed E-state index contributed by atoms with van der Waals surface area (Å²) in [7, 11) is 0. The Morgan fingerprint density at radius 1 is 0.852 bits per heavy atom. The molecule has 3 aromatic carbocycles. The topological polar surface area (TPSA) is 58.2 Å². The highest BCUT2D eigenvalue weighted by Gasteiger charge is 2.12. The number of carbonyl (C=O) groups is 2.